The zero-order valence-electron chi connectivity index (χ0n) is 14.9. The molecule has 0 aliphatic carbocycles. The van der Waals surface area contributed by atoms with E-state index in [4.69, 9.17) is 0 Å². The highest BCUT2D eigenvalue weighted by Crippen LogP contribution is 2.35. The quantitative estimate of drug-likeness (QED) is 0.545. The Kier molecular flexibility index (Phi) is 5.95. The van der Waals surface area contributed by atoms with Crippen LogP contribution in [0.1, 0.15) is 36.6 Å². The van der Waals surface area contributed by atoms with Gasteiger partial charge >= 0.3 is 6.18 Å². The van der Waals surface area contributed by atoms with Gasteiger partial charge in [0.05, 0.1) is 16.1 Å². The van der Waals surface area contributed by atoms with Crippen molar-refractivity contribution in [2.45, 2.75) is 36.7 Å². The number of rotatable bonds is 6. The molecule has 0 saturated heterocycles. The summed E-state index contributed by atoms with van der Waals surface area (Å²) in [5.74, 6) is 0.267. The number of nitrogens with one attached hydrogen (secondary N) is 1. The number of sulfonamides is 1. The molecule has 0 unspecified atom stereocenters. The van der Waals surface area contributed by atoms with Gasteiger partial charge in [0.25, 0.3) is 0 Å². The van der Waals surface area contributed by atoms with Gasteiger partial charge in [-0.05, 0) is 29.7 Å². The van der Waals surface area contributed by atoms with Crippen LogP contribution in [0.4, 0.5) is 13.2 Å². The summed E-state index contributed by atoms with van der Waals surface area (Å²) in [7, 11) is -3.94. The Morgan fingerprint density at radius 2 is 1.86 bits per heavy atom. The molecule has 0 saturated carbocycles. The van der Waals surface area contributed by atoms with Crippen molar-refractivity contribution < 1.29 is 21.6 Å². The minimum absolute atomic E-state index is 0.0355. The van der Waals surface area contributed by atoms with Gasteiger partial charge < -0.3 is 0 Å². The van der Waals surface area contributed by atoms with E-state index in [1.165, 1.54) is 35.6 Å². The summed E-state index contributed by atoms with van der Waals surface area (Å²) in [6.07, 6.45) is -4.54. The monoisotopic (exact) mass is 446 g/mol. The minimum Gasteiger partial charge on any atom is -0.240 e. The summed E-state index contributed by atoms with van der Waals surface area (Å²) >= 11 is 2.47. The van der Waals surface area contributed by atoms with Gasteiger partial charge in [0.1, 0.15) is 9.22 Å². The largest absolute Gasteiger partial charge is 0.416 e. The fourth-order valence-electron chi connectivity index (χ4n) is 2.44. The maximum atomic E-state index is 13.1. The van der Waals surface area contributed by atoms with E-state index >= 15 is 0 Å². The summed E-state index contributed by atoms with van der Waals surface area (Å²) in [4.78, 5) is 5.20. The van der Waals surface area contributed by atoms with Crippen LogP contribution in [0.15, 0.2) is 46.0 Å². The lowest BCUT2D eigenvalue weighted by Gasteiger charge is -2.13. The van der Waals surface area contributed by atoms with Crippen LogP contribution in [0, 0.1) is 0 Å². The van der Waals surface area contributed by atoms with E-state index in [2.05, 4.69) is 9.71 Å². The SMILES string of the molecule is CC(C)c1csc(-c2ccc(S(=O)(=O)NCc3ccccc3C(F)(F)F)s2)n1. The average molecular weight is 447 g/mol. The molecule has 0 aliphatic heterocycles. The van der Waals surface area contributed by atoms with Crippen LogP contribution in [0.3, 0.4) is 0 Å². The molecule has 0 fully saturated rings. The highest BCUT2D eigenvalue weighted by molar-refractivity contribution is 7.91. The van der Waals surface area contributed by atoms with Gasteiger partial charge in [0, 0.05) is 11.9 Å². The first kappa shape index (κ1) is 21.0. The van der Waals surface area contributed by atoms with Gasteiger partial charge in [-0.2, -0.15) is 13.2 Å². The average Bonchev–Trinajstić information content (AvgIpc) is 3.29. The maximum absolute atomic E-state index is 13.1. The number of nitrogens with zero attached hydrogens (tertiary/aromatic N) is 1. The molecule has 1 aromatic carbocycles. The lowest BCUT2D eigenvalue weighted by Crippen LogP contribution is -2.24. The molecule has 0 amide bonds. The second kappa shape index (κ2) is 7.94. The number of halogens is 3. The first-order chi connectivity index (χ1) is 13.1. The number of thiazole rings is 1. The van der Waals surface area contributed by atoms with Crippen molar-refractivity contribution in [2.75, 3.05) is 0 Å². The van der Waals surface area contributed by atoms with Crippen molar-refractivity contribution in [3.8, 4) is 9.88 Å². The molecule has 150 valence electrons. The standard InChI is InChI=1S/C18H17F3N2O2S3/c1-11(2)14-10-26-17(23-14)15-7-8-16(27-15)28(24,25)22-9-12-5-3-4-6-13(12)18(19,20)21/h3-8,10-11,22H,9H2,1-2H3. The first-order valence-electron chi connectivity index (χ1n) is 8.28. The molecule has 28 heavy (non-hydrogen) atoms. The highest BCUT2D eigenvalue weighted by atomic mass is 32.2. The molecule has 0 spiro atoms. The molecular formula is C18H17F3N2O2S3. The third kappa shape index (κ3) is 4.62. The van der Waals surface area contributed by atoms with E-state index in [0.29, 0.717) is 4.88 Å². The Labute approximate surface area is 169 Å². The summed E-state index contributed by atoms with van der Waals surface area (Å²) in [5, 5.41) is 2.65. The van der Waals surface area contributed by atoms with Crippen molar-refractivity contribution in [3.05, 3.63) is 58.6 Å². The van der Waals surface area contributed by atoms with E-state index in [1.54, 1.807) is 6.07 Å². The molecule has 10 heteroatoms. The molecule has 0 atom stereocenters. The van der Waals surface area contributed by atoms with Crippen LogP contribution in [-0.4, -0.2) is 13.4 Å². The molecule has 3 rings (SSSR count). The van der Waals surface area contributed by atoms with Gasteiger partial charge in [0.15, 0.2) is 0 Å². The molecule has 0 aliphatic rings. The van der Waals surface area contributed by atoms with Crippen molar-refractivity contribution in [3.63, 3.8) is 0 Å². The fraction of sp³-hybridized carbons (Fsp3) is 0.278. The molecular weight excluding hydrogens is 429 g/mol. The predicted molar refractivity (Wildman–Crippen MR) is 105 cm³/mol. The topological polar surface area (TPSA) is 59.1 Å². The van der Waals surface area contributed by atoms with Crippen molar-refractivity contribution in [2.24, 2.45) is 0 Å². The lowest BCUT2D eigenvalue weighted by atomic mass is 10.1. The Bertz CT molecular complexity index is 1070. The summed E-state index contributed by atoms with van der Waals surface area (Å²) < 4.78 is 66.5. The predicted octanol–water partition coefficient (Wildman–Crippen LogP) is 5.49. The summed E-state index contributed by atoms with van der Waals surface area (Å²) in [5.41, 5.74) is -0.0508. The third-order valence-corrected chi connectivity index (χ3v) is 7.95. The van der Waals surface area contributed by atoms with E-state index < -0.39 is 28.3 Å². The second-order valence-corrected chi connectivity index (χ2v) is 10.3. The van der Waals surface area contributed by atoms with Crippen LogP contribution in [0.5, 0.6) is 0 Å². The van der Waals surface area contributed by atoms with Gasteiger partial charge in [-0.25, -0.2) is 18.1 Å². The molecule has 3 aromatic rings. The minimum atomic E-state index is -4.54. The fourth-order valence-corrected chi connectivity index (χ4v) is 5.85. The van der Waals surface area contributed by atoms with Crippen LogP contribution in [0.2, 0.25) is 0 Å². The Morgan fingerprint density at radius 3 is 2.50 bits per heavy atom. The highest BCUT2D eigenvalue weighted by Gasteiger charge is 2.33. The summed E-state index contributed by atoms with van der Waals surface area (Å²) in [6.45, 7) is 3.59. The van der Waals surface area contributed by atoms with Crippen LogP contribution in [-0.2, 0) is 22.7 Å². The number of thiophene rings is 1. The molecule has 0 radical (unpaired) electrons. The molecule has 4 nitrogen and oxygen atoms in total. The molecule has 0 bridgehead atoms. The van der Waals surface area contributed by atoms with E-state index in [-0.39, 0.29) is 15.7 Å². The maximum Gasteiger partial charge on any atom is 0.416 e. The van der Waals surface area contributed by atoms with Crippen LogP contribution in [0.25, 0.3) is 9.88 Å². The van der Waals surface area contributed by atoms with Crippen molar-refractivity contribution in [1.29, 1.82) is 0 Å². The van der Waals surface area contributed by atoms with Gasteiger partial charge in [0.2, 0.25) is 10.0 Å². The zero-order valence-corrected chi connectivity index (χ0v) is 17.4. The number of alkyl halides is 3. The van der Waals surface area contributed by atoms with Crippen molar-refractivity contribution >= 4 is 32.7 Å². The number of hydrogen-bond donors (Lipinski definition) is 1. The number of aromatic nitrogens is 1. The molecule has 1 N–H and O–H groups in total. The smallest absolute Gasteiger partial charge is 0.240 e. The Morgan fingerprint density at radius 1 is 1.14 bits per heavy atom. The lowest BCUT2D eigenvalue weighted by molar-refractivity contribution is -0.138. The number of benzene rings is 1. The third-order valence-electron chi connectivity index (χ3n) is 3.95. The van der Waals surface area contributed by atoms with Gasteiger partial charge in [-0.3, -0.25) is 0 Å². The van der Waals surface area contributed by atoms with Gasteiger partial charge in [-0.15, -0.1) is 22.7 Å². The van der Waals surface area contributed by atoms with E-state index in [0.717, 1.165) is 28.1 Å². The zero-order chi connectivity index (χ0) is 20.5. The Balaban J connectivity index is 1.79. The van der Waals surface area contributed by atoms with Crippen molar-refractivity contribution in [1.82, 2.24) is 9.71 Å². The Hall–Kier alpha value is -1.75. The summed E-state index contributed by atoms with van der Waals surface area (Å²) in [6, 6.07) is 8.00. The molecule has 2 aromatic heterocycles. The molecule has 2 heterocycles. The second-order valence-electron chi connectivity index (χ2n) is 6.33. The normalized spacial score (nSPS) is 12.6. The van der Waals surface area contributed by atoms with Crippen LogP contribution < -0.4 is 4.72 Å². The van der Waals surface area contributed by atoms with Gasteiger partial charge in [-0.1, -0.05) is 32.0 Å². The van der Waals surface area contributed by atoms with E-state index in [9.17, 15) is 21.6 Å². The number of hydrogen-bond acceptors (Lipinski definition) is 5. The first-order valence-corrected chi connectivity index (χ1v) is 11.5. The van der Waals surface area contributed by atoms with E-state index in [1.807, 2.05) is 19.2 Å². The van der Waals surface area contributed by atoms with Crippen LogP contribution >= 0.6 is 22.7 Å².